The van der Waals surface area contributed by atoms with Crippen LogP contribution in [0.15, 0.2) is 0 Å². The Labute approximate surface area is 114 Å². The van der Waals surface area contributed by atoms with Gasteiger partial charge in [-0.05, 0) is 19.8 Å². The van der Waals surface area contributed by atoms with Crippen LogP contribution in [0.4, 0.5) is 0 Å². The number of terminal acetylenes is 1. The molecule has 1 saturated heterocycles. The van der Waals surface area contributed by atoms with Gasteiger partial charge in [-0.15, -0.1) is 12.3 Å². The average molecular weight is 287 g/mol. The number of sulfonamides is 1. The highest BCUT2D eigenvalue weighted by molar-refractivity contribution is 7.89. The molecule has 1 unspecified atom stereocenters. The van der Waals surface area contributed by atoms with E-state index in [2.05, 4.69) is 10.6 Å². The molecule has 0 aromatic carbocycles. The summed E-state index contributed by atoms with van der Waals surface area (Å²) in [6.07, 6.45) is 6.56. The fraction of sp³-hybridized carbons (Fsp3) is 0.750. The molecule has 7 heteroatoms. The minimum absolute atomic E-state index is 0.0686. The normalized spacial score (nSPS) is 18.9. The fourth-order valence-electron chi connectivity index (χ4n) is 2.00. The molecule has 19 heavy (non-hydrogen) atoms. The van der Waals surface area contributed by atoms with Gasteiger partial charge in [0.1, 0.15) is 0 Å². The van der Waals surface area contributed by atoms with E-state index in [0.29, 0.717) is 25.9 Å². The van der Waals surface area contributed by atoms with E-state index in [4.69, 9.17) is 12.2 Å². The first-order valence-electron chi connectivity index (χ1n) is 6.37. The topological polar surface area (TPSA) is 92.5 Å². The summed E-state index contributed by atoms with van der Waals surface area (Å²) in [4.78, 5) is 13.6. The minimum Gasteiger partial charge on any atom is -0.341 e. The van der Waals surface area contributed by atoms with Crippen LogP contribution in [-0.4, -0.2) is 50.2 Å². The molecule has 1 atom stereocenters. The predicted molar refractivity (Wildman–Crippen MR) is 73.6 cm³/mol. The third-order valence-corrected chi connectivity index (χ3v) is 4.64. The van der Waals surface area contributed by atoms with E-state index in [9.17, 15) is 13.2 Å². The van der Waals surface area contributed by atoms with Crippen molar-refractivity contribution in [2.24, 2.45) is 5.73 Å². The van der Waals surface area contributed by atoms with Crippen molar-refractivity contribution < 1.29 is 13.2 Å². The Kier molecular flexibility index (Phi) is 5.79. The van der Waals surface area contributed by atoms with Gasteiger partial charge in [0.2, 0.25) is 15.9 Å². The van der Waals surface area contributed by atoms with Gasteiger partial charge in [-0.2, -0.15) is 0 Å². The van der Waals surface area contributed by atoms with Crippen molar-refractivity contribution >= 4 is 15.9 Å². The smallest absolute Gasteiger partial charge is 0.240 e. The van der Waals surface area contributed by atoms with Crippen molar-refractivity contribution in [1.82, 2.24) is 9.62 Å². The van der Waals surface area contributed by atoms with E-state index in [1.54, 1.807) is 11.8 Å². The number of nitrogens with one attached hydrogen (secondary N) is 1. The summed E-state index contributed by atoms with van der Waals surface area (Å²) < 4.78 is 25.5. The van der Waals surface area contributed by atoms with Gasteiger partial charge in [-0.3, -0.25) is 4.79 Å². The molecule has 1 rings (SSSR count). The van der Waals surface area contributed by atoms with Crippen molar-refractivity contribution in [2.45, 2.75) is 38.3 Å². The lowest BCUT2D eigenvalue weighted by Gasteiger charge is -2.33. The summed E-state index contributed by atoms with van der Waals surface area (Å²) in [7, 11) is -3.19. The van der Waals surface area contributed by atoms with Gasteiger partial charge in [-0.1, -0.05) is 0 Å². The SMILES string of the molecule is C#CCC(N)C(=O)N1CCC(NS(=O)(=O)CC)CC1. The van der Waals surface area contributed by atoms with Crippen LogP contribution >= 0.6 is 0 Å². The molecule has 1 amide bonds. The molecule has 0 aromatic heterocycles. The quantitative estimate of drug-likeness (QED) is 0.652. The van der Waals surface area contributed by atoms with Crippen LogP contribution in [0.25, 0.3) is 0 Å². The number of carbonyl (C=O) groups excluding carboxylic acids is 1. The summed E-state index contributed by atoms with van der Waals surface area (Å²) in [6, 6.07) is -0.758. The second-order valence-corrected chi connectivity index (χ2v) is 6.68. The highest BCUT2D eigenvalue weighted by atomic mass is 32.2. The fourth-order valence-corrected chi connectivity index (χ4v) is 2.91. The van der Waals surface area contributed by atoms with Crippen molar-refractivity contribution in [3.8, 4) is 12.3 Å². The second-order valence-electron chi connectivity index (χ2n) is 4.64. The number of nitrogens with zero attached hydrogens (tertiary/aromatic N) is 1. The van der Waals surface area contributed by atoms with E-state index in [1.807, 2.05) is 0 Å². The molecule has 0 aromatic rings. The summed E-state index contributed by atoms with van der Waals surface area (Å²) >= 11 is 0. The number of likely N-dealkylation sites (tertiary alicyclic amines) is 1. The second kappa shape index (κ2) is 6.89. The van der Waals surface area contributed by atoms with Gasteiger partial charge < -0.3 is 10.6 Å². The molecule has 0 radical (unpaired) electrons. The van der Waals surface area contributed by atoms with Gasteiger partial charge in [0, 0.05) is 25.6 Å². The number of carbonyl (C=O) groups is 1. The first-order chi connectivity index (χ1) is 8.89. The molecule has 108 valence electrons. The monoisotopic (exact) mass is 287 g/mol. The number of nitrogens with two attached hydrogens (primary N) is 1. The molecule has 0 spiro atoms. The Hall–Kier alpha value is -1.10. The zero-order chi connectivity index (χ0) is 14.5. The molecule has 1 aliphatic rings. The average Bonchev–Trinajstić information content (AvgIpc) is 2.38. The van der Waals surface area contributed by atoms with Gasteiger partial charge in [0.05, 0.1) is 11.8 Å². The maximum Gasteiger partial charge on any atom is 0.240 e. The largest absolute Gasteiger partial charge is 0.341 e. The Morgan fingerprint density at radius 3 is 2.58 bits per heavy atom. The van der Waals surface area contributed by atoms with Crippen molar-refractivity contribution in [3.05, 3.63) is 0 Å². The van der Waals surface area contributed by atoms with Crippen LogP contribution in [-0.2, 0) is 14.8 Å². The molecule has 0 aliphatic carbocycles. The molecule has 1 aliphatic heterocycles. The van der Waals surface area contributed by atoms with Crippen LogP contribution in [0.1, 0.15) is 26.2 Å². The van der Waals surface area contributed by atoms with E-state index < -0.39 is 16.1 Å². The third kappa shape index (κ3) is 4.82. The molecule has 0 saturated carbocycles. The van der Waals surface area contributed by atoms with E-state index in [-0.39, 0.29) is 24.1 Å². The van der Waals surface area contributed by atoms with Crippen molar-refractivity contribution in [1.29, 1.82) is 0 Å². The number of amides is 1. The summed E-state index contributed by atoms with van der Waals surface area (Å²) in [6.45, 7) is 2.61. The first kappa shape index (κ1) is 16.0. The predicted octanol–water partition coefficient (Wildman–Crippen LogP) is -0.733. The molecular weight excluding hydrogens is 266 g/mol. The minimum atomic E-state index is -3.19. The van der Waals surface area contributed by atoms with E-state index >= 15 is 0 Å². The number of hydrogen-bond donors (Lipinski definition) is 2. The van der Waals surface area contributed by atoms with Gasteiger partial charge in [-0.25, -0.2) is 13.1 Å². The Morgan fingerprint density at radius 1 is 1.53 bits per heavy atom. The highest BCUT2D eigenvalue weighted by Gasteiger charge is 2.27. The van der Waals surface area contributed by atoms with Gasteiger partial charge >= 0.3 is 0 Å². The van der Waals surface area contributed by atoms with Crippen LogP contribution in [0, 0.1) is 12.3 Å². The third-order valence-electron chi connectivity index (χ3n) is 3.19. The van der Waals surface area contributed by atoms with E-state index in [1.165, 1.54) is 0 Å². The lowest BCUT2D eigenvalue weighted by molar-refractivity contribution is -0.133. The standard InChI is InChI=1S/C12H21N3O3S/c1-3-5-11(13)12(16)15-8-6-10(7-9-15)14-19(17,18)4-2/h1,10-11,14H,4-9,13H2,2H3. The Morgan fingerprint density at radius 2 is 2.11 bits per heavy atom. The van der Waals surface area contributed by atoms with Gasteiger partial charge in [0.15, 0.2) is 0 Å². The maximum absolute atomic E-state index is 11.9. The molecule has 1 heterocycles. The summed E-state index contributed by atoms with van der Waals surface area (Å²) in [5.41, 5.74) is 5.67. The van der Waals surface area contributed by atoms with Crippen LogP contribution in [0.2, 0.25) is 0 Å². The van der Waals surface area contributed by atoms with Crippen molar-refractivity contribution in [3.63, 3.8) is 0 Å². The number of rotatable bonds is 5. The van der Waals surface area contributed by atoms with Crippen LogP contribution in [0.5, 0.6) is 0 Å². The molecule has 3 N–H and O–H groups in total. The van der Waals surface area contributed by atoms with Crippen molar-refractivity contribution in [2.75, 3.05) is 18.8 Å². The number of hydrogen-bond acceptors (Lipinski definition) is 4. The maximum atomic E-state index is 11.9. The summed E-state index contributed by atoms with van der Waals surface area (Å²) in [5, 5.41) is 0. The molecule has 1 fully saturated rings. The zero-order valence-corrected chi connectivity index (χ0v) is 11.9. The Balaban J connectivity index is 2.45. The summed E-state index contributed by atoms with van der Waals surface area (Å²) in [5.74, 6) is 2.28. The number of piperidine rings is 1. The lowest BCUT2D eigenvalue weighted by Crippen LogP contribution is -2.51. The van der Waals surface area contributed by atoms with E-state index in [0.717, 1.165) is 0 Å². The zero-order valence-electron chi connectivity index (χ0n) is 11.1. The lowest BCUT2D eigenvalue weighted by atomic mass is 10.0. The van der Waals surface area contributed by atoms with Crippen LogP contribution in [0.3, 0.4) is 0 Å². The Bertz CT molecular complexity index is 447. The highest BCUT2D eigenvalue weighted by Crippen LogP contribution is 2.12. The first-order valence-corrected chi connectivity index (χ1v) is 8.02. The molecule has 6 nitrogen and oxygen atoms in total. The van der Waals surface area contributed by atoms with Crippen LogP contribution < -0.4 is 10.5 Å². The van der Waals surface area contributed by atoms with Gasteiger partial charge in [0.25, 0.3) is 0 Å². The molecular formula is C12H21N3O3S. The molecule has 0 bridgehead atoms.